The third kappa shape index (κ3) is 6.68. The van der Waals surface area contributed by atoms with Crippen molar-refractivity contribution >= 4 is 35.6 Å². The Hall–Kier alpha value is -2.17. The lowest BCUT2D eigenvalue weighted by molar-refractivity contribution is 0.393. The molecular weight excluding hydrogens is 495 g/mol. The van der Waals surface area contributed by atoms with Crippen LogP contribution < -0.4 is 25.0 Å². The maximum absolute atomic E-state index is 5.40. The molecule has 0 radical (unpaired) electrons. The number of benzene rings is 1. The summed E-state index contributed by atoms with van der Waals surface area (Å²) in [5.74, 6) is 2.49. The van der Waals surface area contributed by atoms with Crippen LogP contribution in [0.2, 0.25) is 0 Å². The number of ether oxygens (including phenoxy) is 2. The quantitative estimate of drug-likeness (QED) is 0.327. The number of hydrogen-bond acceptors (Lipinski definition) is 5. The predicted octanol–water partition coefficient (Wildman–Crippen LogP) is 2.43. The maximum Gasteiger partial charge on any atom is 0.191 e. The fraction of sp³-hybridized carbons (Fsp3) is 0.524. The largest absolute Gasteiger partial charge is 0.497 e. The molecule has 1 aromatic carbocycles. The van der Waals surface area contributed by atoms with Crippen molar-refractivity contribution in [3.63, 3.8) is 0 Å². The molecular formula is C21H33IN6O2. The van der Waals surface area contributed by atoms with Crippen molar-refractivity contribution in [1.29, 1.82) is 0 Å². The molecule has 166 valence electrons. The molecule has 0 unspecified atom stereocenters. The first kappa shape index (κ1) is 24.1. The first-order chi connectivity index (χ1) is 14.1. The van der Waals surface area contributed by atoms with Gasteiger partial charge in [-0.1, -0.05) is 0 Å². The summed E-state index contributed by atoms with van der Waals surface area (Å²) in [4.78, 5) is 6.74. The molecule has 1 aliphatic rings. The minimum Gasteiger partial charge on any atom is -0.497 e. The molecule has 1 saturated heterocycles. The fourth-order valence-corrected chi connectivity index (χ4v) is 3.57. The average molecular weight is 528 g/mol. The highest BCUT2D eigenvalue weighted by molar-refractivity contribution is 14.0. The summed E-state index contributed by atoms with van der Waals surface area (Å²) in [7, 11) is 7.12. The molecule has 1 fully saturated rings. The van der Waals surface area contributed by atoms with Crippen molar-refractivity contribution in [2.75, 3.05) is 45.8 Å². The second kappa shape index (κ2) is 11.9. The number of aryl methyl sites for hydroxylation is 1. The molecule has 2 heterocycles. The van der Waals surface area contributed by atoms with Gasteiger partial charge in [0.2, 0.25) is 0 Å². The van der Waals surface area contributed by atoms with Crippen molar-refractivity contribution < 1.29 is 9.47 Å². The first-order valence-electron chi connectivity index (χ1n) is 10.0. The van der Waals surface area contributed by atoms with Gasteiger partial charge in [-0.25, -0.2) is 0 Å². The normalized spacial score (nSPS) is 14.8. The van der Waals surface area contributed by atoms with E-state index in [1.165, 1.54) is 5.56 Å². The molecule has 1 aliphatic heterocycles. The number of piperidine rings is 1. The van der Waals surface area contributed by atoms with Crippen LogP contribution in [0, 0.1) is 0 Å². The fourth-order valence-electron chi connectivity index (χ4n) is 3.57. The highest BCUT2D eigenvalue weighted by Crippen LogP contribution is 2.30. The summed E-state index contributed by atoms with van der Waals surface area (Å²) in [6, 6.07) is 6.44. The van der Waals surface area contributed by atoms with Gasteiger partial charge < -0.3 is 25.0 Å². The van der Waals surface area contributed by atoms with Crippen LogP contribution in [0.1, 0.15) is 18.4 Å². The van der Waals surface area contributed by atoms with Crippen molar-refractivity contribution in [3.05, 3.63) is 36.2 Å². The second-order valence-electron chi connectivity index (χ2n) is 7.25. The summed E-state index contributed by atoms with van der Waals surface area (Å²) in [5.41, 5.74) is 2.36. The Bertz CT molecular complexity index is 795. The molecule has 0 spiro atoms. The lowest BCUT2D eigenvalue weighted by Crippen LogP contribution is -2.49. The minimum atomic E-state index is 0. The number of nitrogens with zero attached hydrogens (tertiary/aromatic N) is 4. The van der Waals surface area contributed by atoms with E-state index in [1.807, 2.05) is 37.2 Å². The van der Waals surface area contributed by atoms with Crippen LogP contribution in [0.5, 0.6) is 11.5 Å². The Kier molecular flexibility index (Phi) is 9.54. The van der Waals surface area contributed by atoms with Crippen LogP contribution in [0.15, 0.2) is 35.6 Å². The first-order valence-corrected chi connectivity index (χ1v) is 10.0. The molecule has 8 nitrogen and oxygen atoms in total. The Balaban J connectivity index is 0.00000320. The predicted molar refractivity (Wildman–Crippen MR) is 132 cm³/mol. The molecule has 30 heavy (non-hydrogen) atoms. The molecule has 2 aromatic rings. The highest BCUT2D eigenvalue weighted by Gasteiger charge is 2.21. The van der Waals surface area contributed by atoms with Gasteiger partial charge in [0, 0.05) is 69.9 Å². The summed E-state index contributed by atoms with van der Waals surface area (Å²) in [5, 5.41) is 11.2. The van der Waals surface area contributed by atoms with Gasteiger partial charge in [-0.05, 0) is 24.8 Å². The van der Waals surface area contributed by atoms with E-state index in [9.17, 15) is 0 Å². The monoisotopic (exact) mass is 528 g/mol. The Labute approximate surface area is 196 Å². The molecule has 3 rings (SSSR count). The van der Waals surface area contributed by atoms with E-state index in [0.717, 1.165) is 62.0 Å². The van der Waals surface area contributed by atoms with Crippen LogP contribution in [0.4, 0.5) is 5.69 Å². The third-order valence-corrected chi connectivity index (χ3v) is 5.23. The van der Waals surface area contributed by atoms with Gasteiger partial charge in [0.25, 0.3) is 0 Å². The highest BCUT2D eigenvalue weighted by atomic mass is 127. The summed E-state index contributed by atoms with van der Waals surface area (Å²) in [6.07, 6.45) is 6.96. The number of guanidine groups is 1. The molecule has 0 aliphatic carbocycles. The summed E-state index contributed by atoms with van der Waals surface area (Å²) >= 11 is 0. The van der Waals surface area contributed by atoms with E-state index in [1.54, 1.807) is 14.2 Å². The van der Waals surface area contributed by atoms with Crippen molar-refractivity contribution in [2.24, 2.45) is 12.0 Å². The molecule has 9 heteroatoms. The third-order valence-electron chi connectivity index (χ3n) is 5.23. The van der Waals surface area contributed by atoms with Gasteiger partial charge >= 0.3 is 0 Å². The Morgan fingerprint density at radius 1 is 1.17 bits per heavy atom. The molecule has 2 N–H and O–H groups in total. The number of nitrogens with one attached hydrogen (secondary N) is 2. The zero-order chi connectivity index (χ0) is 20.6. The van der Waals surface area contributed by atoms with Crippen LogP contribution >= 0.6 is 24.0 Å². The minimum absolute atomic E-state index is 0. The Morgan fingerprint density at radius 3 is 2.37 bits per heavy atom. The van der Waals surface area contributed by atoms with E-state index in [4.69, 9.17) is 9.47 Å². The summed E-state index contributed by atoms with van der Waals surface area (Å²) in [6.45, 7) is 2.77. The van der Waals surface area contributed by atoms with Crippen molar-refractivity contribution in [3.8, 4) is 11.5 Å². The lowest BCUT2D eigenvalue weighted by Gasteiger charge is -2.34. The molecule has 0 amide bonds. The van der Waals surface area contributed by atoms with Crippen molar-refractivity contribution in [2.45, 2.75) is 25.3 Å². The van der Waals surface area contributed by atoms with Gasteiger partial charge in [-0.3, -0.25) is 9.67 Å². The zero-order valence-corrected chi connectivity index (χ0v) is 20.6. The van der Waals surface area contributed by atoms with Gasteiger partial charge in [0.15, 0.2) is 5.96 Å². The van der Waals surface area contributed by atoms with Crippen LogP contribution in [0.3, 0.4) is 0 Å². The molecule has 0 atom stereocenters. The standard InChI is InChI=1S/C21H32N6O2.HI/c1-22-21(23-8-5-16-14-24-26(2)15-16)25-17-6-9-27(10-7-17)18-11-19(28-3)13-20(12-18)29-4;/h11-15,17H,5-10H2,1-4H3,(H2,22,23,25);1H. The van der Waals surface area contributed by atoms with Crippen LogP contribution in [0.25, 0.3) is 0 Å². The van der Waals surface area contributed by atoms with E-state index < -0.39 is 0 Å². The van der Waals surface area contributed by atoms with Gasteiger partial charge in [-0.2, -0.15) is 5.10 Å². The smallest absolute Gasteiger partial charge is 0.191 e. The van der Waals surface area contributed by atoms with E-state index >= 15 is 0 Å². The number of aliphatic imine (C=N–C) groups is 1. The van der Waals surface area contributed by atoms with Gasteiger partial charge in [0.1, 0.15) is 11.5 Å². The molecule has 0 bridgehead atoms. The Morgan fingerprint density at radius 2 is 1.83 bits per heavy atom. The maximum atomic E-state index is 5.40. The van der Waals surface area contributed by atoms with Gasteiger partial charge in [-0.15, -0.1) is 24.0 Å². The van der Waals surface area contributed by atoms with Crippen LogP contribution in [-0.4, -0.2) is 62.7 Å². The zero-order valence-electron chi connectivity index (χ0n) is 18.2. The van der Waals surface area contributed by atoms with Crippen LogP contribution in [-0.2, 0) is 13.5 Å². The van der Waals surface area contributed by atoms with E-state index in [2.05, 4.69) is 37.8 Å². The second-order valence-corrected chi connectivity index (χ2v) is 7.25. The van der Waals surface area contributed by atoms with E-state index in [0.29, 0.717) is 6.04 Å². The number of aromatic nitrogens is 2. The number of methoxy groups -OCH3 is 2. The number of anilines is 1. The number of rotatable bonds is 7. The molecule has 1 aromatic heterocycles. The summed E-state index contributed by atoms with van der Waals surface area (Å²) < 4.78 is 12.6. The lowest BCUT2D eigenvalue weighted by atomic mass is 10.0. The topological polar surface area (TPSA) is 75.9 Å². The van der Waals surface area contributed by atoms with E-state index in [-0.39, 0.29) is 24.0 Å². The SMILES string of the molecule is CN=C(NCCc1cnn(C)c1)NC1CCN(c2cc(OC)cc(OC)c2)CC1.I. The number of hydrogen-bond donors (Lipinski definition) is 2. The average Bonchev–Trinajstić information content (AvgIpc) is 3.18. The van der Waals surface area contributed by atoms with Gasteiger partial charge in [0.05, 0.1) is 20.4 Å². The number of halogens is 1. The molecule has 0 saturated carbocycles. The van der Waals surface area contributed by atoms with Crippen molar-refractivity contribution in [1.82, 2.24) is 20.4 Å².